The maximum atomic E-state index is 12.0. The molecule has 0 saturated heterocycles. The van der Waals surface area contributed by atoms with Crippen molar-refractivity contribution in [2.24, 2.45) is 0 Å². The molecule has 0 aromatic heterocycles. The highest BCUT2D eigenvalue weighted by molar-refractivity contribution is 7.46. The number of hydrogen-bond donors (Lipinski definition) is 4. The summed E-state index contributed by atoms with van der Waals surface area (Å²) in [5.74, 6) is -0.847. The number of rotatable bonds is 16. The molecule has 4 N–H and O–H groups in total. The molecule has 0 heterocycles. The molecule has 0 aromatic rings. The Kier molecular flexibility index (Phi) is 14.6. The van der Waals surface area contributed by atoms with Gasteiger partial charge in [-0.15, -0.1) is 0 Å². The third-order valence-corrected chi connectivity index (χ3v) is 4.40. The van der Waals surface area contributed by atoms with Gasteiger partial charge in [-0.3, -0.25) is 14.1 Å². The van der Waals surface area contributed by atoms with E-state index in [1.54, 1.807) is 6.92 Å². The SMILES string of the molecule is CCCCCCCCCCCC(=O)N[C@@H](COP(=O)(O)O)C(=O)NCC. The van der Waals surface area contributed by atoms with Gasteiger partial charge < -0.3 is 20.4 Å². The molecule has 0 radical (unpaired) electrons. The maximum Gasteiger partial charge on any atom is 0.469 e. The summed E-state index contributed by atoms with van der Waals surface area (Å²) in [7, 11) is -4.70. The summed E-state index contributed by atoms with van der Waals surface area (Å²) in [6.45, 7) is 3.68. The lowest BCUT2D eigenvalue weighted by Gasteiger charge is -2.18. The van der Waals surface area contributed by atoms with E-state index in [1.807, 2.05) is 0 Å². The molecule has 9 heteroatoms. The van der Waals surface area contributed by atoms with Crippen LogP contribution in [0.25, 0.3) is 0 Å². The van der Waals surface area contributed by atoms with Crippen LogP contribution in [0.4, 0.5) is 0 Å². The maximum absolute atomic E-state index is 12.0. The van der Waals surface area contributed by atoms with E-state index >= 15 is 0 Å². The molecule has 0 bridgehead atoms. The number of carbonyl (C=O) groups excluding carboxylic acids is 2. The minimum atomic E-state index is -4.70. The predicted molar refractivity (Wildman–Crippen MR) is 100 cm³/mol. The summed E-state index contributed by atoms with van der Waals surface area (Å²) in [4.78, 5) is 41.3. The van der Waals surface area contributed by atoms with Crippen LogP contribution < -0.4 is 10.6 Å². The summed E-state index contributed by atoms with van der Waals surface area (Å²) in [5, 5.41) is 4.99. The number of amides is 2. The number of carbonyl (C=O) groups is 2. The molecule has 0 fully saturated rings. The molecule has 0 rings (SSSR count). The molecular formula is C17H35N2O6P. The number of hydrogen-bond acceptors (Lipinski definition) is 4. The van der Waals surface area contributed by atoms with Gasteiger partial charge in [0.25, 0.3) is 0 Å². The molecule has 1 atom stereocenters. The number of likely N-dealkylation sites (N-methyl/N-ethyl adjacent to an activating group) is 1. The first-order valence-corrected chi connectivity index (χ1v) is 11.1. The molecule has 0 unspecified atom stereocenters. The molecule has 0 aromatic carbocycles. The van der Waals surface area contributed by atoms with E-state index in [1.165, 1.54) is 38.5 Å². The lowest BCUT2D eigenvalue weighted by molar-refractivity contribution is -0.129. The largest absolute Gasteiger partial charge is 0.469 e. The van der Waals surface area contributed by atoms with Crippen molar-refractivity contribution >= 4 is 19.6 Å². The Labute approximate surface area is 156 Å². The van der Waals surface area contributed by atoms with Crippen molar-refractivity contribution in [2.45, 2.75) is 84.1 Å². The van der Waals surface area contributed by atoms with Crippen LogP contribution >= 0.6 is 7.82 Å². The number of unbranched alkanes of at least 4 members (excludes halogenated alkanes) is 8. The van der Waals surface area contributed by atoms with Crippen molar-refractivity contribution in [3.8, 4) is 0 Å². The Morgan fingerprint density at radius 1 is 0.962 bits per heavy atom. The average molecular weight is 394 g/mol. The zero-order valence-electron chi connectivity index (χ0n) is 16.0. The Morgan fingerprint density at radius 3 is 2.00 bits per heavy atom. The zero-order valence-corrected chi connectivity index (χ0v) is 16.9. The summed E-state index contributed by atoms with van der Waals surface area (Å²) in [6, 6.07) is -1.12. The Bertz CT molecular complexity index is 441. The number of nitrogens with one attached hydrogen (secondary N) is 2. The summed E-state index contributed by atoms with van der Waals surface area (Å²) >= 11 is 0. The first kappa shape index (κ1) is 25.1. The van der Waals surface area contributed by atoms with E-state index in [0.717, 1.165) is 19.3 Å². The van der Waals surface area contributed by atoms with Crippen LogP contribution in [0.15, 0.2) is 0 Å². The van der Waals surface area contributed by atoms with Gasteiger partial charge in [0.15, 0.2) is 0 Å². The molecule has 0 aliphatic heterocycles. The van der Waals surface area contributed by atoms with Gasteiger partial charge >= 0.3 is 7.82 Å². The van der Waals surface area contributed by atoms with Crippen molar-refractivity contribution in [3.05, 3.63) is 0 Å². The lowest BCUT2D eigenvalue weighted by Crippen LogP contribution is -2.49. The fourth-order valence-electron chi connectivity index (χ4n) is 2.51. The Morgan fingerprint density at radius 2 is 1.50 bits per heavy atom. The topological polar surface area (TPSA) is 125 Å². The molecule has 154 valence electrons. The lowest BCUT2D eigenvalue weighted by atomic mass is 10.1. The van der Waals surface area contributed by atoms with Gasteiger partial charge in [0.2, 0.25) is 11.8 Å². The smallest absolute Gasteiger partial charge is 0.355 e. The van der Waals surface area contributed by atoms with Crippen molar-refractivity contribution in [1.29, 1.82) is 0 Å². The van der Waals surface area contributed by atoms with E-state index in [-0.39, 0.29) is 12.3 Å². The third-order valence-electron chi connectivity index (χ3n) is 3.92. The third kappa shape index (κ3) is 15.3. The fraction of sp³-hybridized carbons (Fsp3) is 0.882. The van der Waals surface area contributed by atoms with Gasteiger partial charge in [0, 0.05) is 13.0 Å². The monoisotopic (exact) mass is 394 g/mol. The fourth-order valence-corrected chi connectivity index (χ4v) is 2.86. The summed E-state index contributed by atoms with van der Waals surface area (Å²) in [5.41, 5.74) is 0. The van der Waals surface area contributed by atoms with Crippen molar-refractivity contribution in [1.82, 2.24) is 10.6 Å². The van der Waals surface area contributed by atoms with Crippen LogP contribution in [0.5, 0.6) is 0 Å². The van der Waals surface area contributed by atoms with E-state index < -0.39 is 26.4 Å². The van der Waals surface area contributed by atoms with Crippen LogP contribution in [0.2, 0.25) is 0 Å². The van der Waals surface area contributed by atoms with Crippen LogP contribution in [0.1, 0.15) is 78.1 Å². The van der Waals surface area contributed by atoms with Crippen LogP contribution in [0.3, 0.4) is 0 Å². The standard InChI is InChI=1S/C17H35N2O6P/c1-3-5-6-7-8-9-10-11-12-13-16(20)19-15(17(21)18-4-2)14-25-26(22,23)24/h15H,3-14H2,1-2H3,(H,18,21)(H,19,20)(H2,22,23,24)/t15-/m0/s1. The first-order chi connectivity index (χ1) is 12.3. The number of phosphoric ester groups is 1. The first-order valence-electron chi connectivity index (χ1n) is 9.57. The highest BCUT2D eigenvalue weighted by Gasteiger charge is 2.24. The number of phosphoric acid groups is 1. The normalized spacial score (nSPS) is 12.6. The predicted octanol–water partition coefficient (Wildman–Crippen LogP) is 2.64. The zero-order chi connectivity index (χ0) is 19.8. The van der Waals surface area contributed by atoms with Crippen molar-refractivity contribution < 1.29 is 28.5 Å². The van der Waals surface area contributed by atoms with Gasteiger partial charge in [-0.2, -0.15) is 0 Å². The van der Waals surface area contributed by atoms with Gasteiger partial charge in [-0.05, 0) is 13.3 Å². The van der Waals surface area contributed by atoms with Crippen LogP contribution in [0, 0.1) is 0 Å². The molecule has 2 amide bonds. The minimum Gasteiger partial charge on any atom is -0.355 e. The molecule has 0 aliphatic rings. The van der Waals surface area contributed by atoms with Gasteiger partial charge in [0.05, 0.1) is 6.61 Å². The van der Waals surface area contributed by atoms with Crippen molar-refractivity contribution in [2.75, 3.05) is 13.2 Å². The highest BCUT2D eigenvalue weighted by Crippen LogP contribution is 2.35. The Balaban J connectivity index is 4.01. The second-order valence-electron chi connectivity index (χ2n) is 6.38. The van der Waals surface area contributed by atoms with Gasteiger partial charge in [-0.1, -0.05) is 58.3 Å². The summed E-state index contributed by atoms with van der Waals surface area (Å²) in [6.07, 6.45) is 10.5. The molecule has 0 saturated carbocycles. The Hall–Kier alpha value is -0.950. The highest BCUT2D eigenvalue weighted by atomic mass is 31.2. The van der Waals surface area contributed by atoms with E-state index in [4.69, 9.17) is 9.79 Å². The molecule has 0 spiro atoms. The van der Waals surface area contributed by atoms with Crippen LogP contribution in [-0.2, 0) is 18.7 Å². The van der Waals surface area contributed by atoms with Crippen molar-refractivity contribution in [3.63, 3.8) is 0 Å². The van der Waals surface area contributed by atoms with Gasteiger partial charge in [0.1, 0.15) is 6.04 Å². The molecule has 26 heavy (non-hydrogen) atoms. The van der Waals surface area contributed by atoms with E-state index in [0.29, 0.717) is 6.54 Å². The average Bonchev–Trinajstić information content (AvgIpc) is 2.56. The molecular weight excluding hydrogens is 359 g/mol. The van der Waals surface area contributed by atoms with Crippen LogP contribution in [-0.4, -0.2) is 40.8 Å². The molecule has 8 nitrogen and oxygen atoms in total. The second kappa shape index (κ2) is 15.1. The van der Waals surface area contributed by atoms with E-state index in [2.05, 4.69) is 22.1 Å². The minimum absolute atomic E-state index is 0.279. The molecule has 0 aliphatic carbocycles. The second-order valence-corrected chi connectivity index (χ2v) is 7.62. The van der Waals surface area contributed by atoms with E-state index in [9.17, 15) is 14.2 Å². The summed E-state index contributed by atoms with van der Waals surface area (Å²) < 4.78 is 15.1. The van der Waals surface area contributed by atoms with Gasteiger partial charge in [-0.25, -0.2) is 4.57 Å². The quantitative estimate of drug-likeness (QED) is 0.236.